The van der Waals surface area contributed by atoms with Gasteiger partial charge >= 0.3 is 0 Å². The van der Waals surface area contributed by atoms with E-state index in [1.165, 1.54) is 28.2 Å². The topological polar surface area (TPSA) is 8.81 Å². The van der Waals surface area contributed by atoms with Crippen molar-refractivity contribution in [3.8, 4) is 17.1 Å². The molecule has 104 valence electrons. The molecule has 0 atom stereocenters. The fourth-order valence-electron chi connectivity index (χ4n) is 3.30. The van der Waals surface area contributed by atoms with Crippen molar-refractivity contribution in [2.24, 2.45) is 0 Å². The third-order valence-corrected chi connectivity index (χ3v) is 4.31. The fraction of sp³-hybridized carbons (Fsp3) is 0.211. The molecule has 0 bridgehead atoms. The Labute approximate surface area is 125 Å². The molecule has 0 amide bonds. The SMILES string of the molecule is CC(C)c1ccccc1-n1ccc2c1-c1cccc[n+]1C2. The van der Waals surface area contributed by atoms with Gasteiger partial charge in [0.25, 0.3) is 0 Å². The molecule has 1 aliphatic rings. The van der Waals surface area contributed by atoms with E-state index in [-0.39, 0.29) is 0 Å². The van der Waals surface area contributed by atoms with Crippen LogP contribution in [-0.2, 0) is 6.54 Å². The largest absolute Gasteiger partial charge is 0.311 e. The molecule has 0 radical (unpaired) electrons. The molecule has 0 aliphatic carbocycles. The van der Waals surface area contributed by atoms with Gasteiger partial charge in [-0.2, -0.15) is 4.57 Å². The summed E-state index contributed by atoms with van der Waals surface area (Å²) in [6.45, 7) is 5.48. The normalized spacial score (nSPS) is 12.5. The molecule has 0 saturated heterocycles. The summed E-state index contributed by atoms with van der Waals surface area (Å²) in [5.74, 6) is 0.517. The number of rotatable bonds is 2. The van der Waals surface area contributed by atoms with Gasteiger partial charge in [0.1, 0.15) is 5.69 Å². The van der Waals surface area contributed by atoms with Gasteiger partial charge in [0.05, 0.1) is 0 Å². The standard InChI is InChI=1S/C19H19N2/c1-14(2)16-7-3-4-8-17(16)21-12-10-15-13-20-11-6-5-9-18(20)19(15)21/h3-12,14H,13H2,1-2H3/q+1. The van der Waals surface area contributed by atoms with Crippen LogP contribution < -0.4 is 4.57 Å². The number of hydrogen-bond donors (Lipinski definition) is 0. The van der Waals surface area contributed by atoms with Crippen LogP contribution in [0.25, 0.3) is 17.1 Å². The highest BCUT2D eigenvalue weighted by atomic mass is 15.1. The van der Waals surface area contributed by atoms with Crippen molar-refractivity contribution >= 4 is 0 Å². The first-order valence-electron chi connectivity index (χ1n) is 7.54. The van der Waals surface area contributed by atoms with Crippen LogP contribution in [0.1, 0.15) is 30.9 Å². The van der Waals surface area contributed by atoms with Crippen molar-refractivity contribution in [2.45, 2.75) is 26.3 Å². The van der Waals surface area contributed by atoms with Crippen LogP contribution in [-0.4, -0.2) is 4.57 Å². The predicted octanol–water partition coefficient (Wildman–Crippen LogP) is 3.92. The zero-order chi connectivity index (χ0) is 14.4. The van der Waals surface area contributed by atoms with Crippen LogP contribution >= 0.6 is 0 Å². The van der Waals surface area contributed by atoms with Crippen molar-refractivity contribution in [2.75, 3.05) is 0 Å². The third-order valence-electron chi connectivity index (χ3n) is 4.31. The van der Waals surface area contributed by atoms with Crippen LogP contribution in [0.15, 0.2) is 60.9 Å². The Kier molecular flexibility index (Phi) is 2.71. The molecule has 2 aromatic heterocycles. The van der Waals surface area contributed by atoms with E-state index in [0.717, 1.165) is 6.54 Å². The molecule has 4 rings (SSSR count). The van der Waals surface area contributed by atoms with Crippen LogP contribution in [0.5, 0.6) is 0 Å². The van der Waals surface area contributed by atoms with E-state index >= 15 is 0 Å². The van der Waals surface area contributed by atoms with Crippen molar-refractivity contribution in [3.63, 3.8) is 0 Å². The number of hydrogen-bond acceptors (Lipinski definition) is 0. The summed E-state index contributed by atoms with van der Waals surface area (Å²) in [6, 6.07) is 17.4. The van der Waals surface area contributed by atoms with Gasteiger partial charge in [-0.05, 0) is 29.7 Å². The molecular formula is C19H19N2+. The van der Waals surface area contributed by atoms with Crippen molar-refractivity contribution in [1.82, 2.24) is 4.57 Å². The average molecular weight is 275 g/mol. The Morgan fingerprint density at radius 1 is 1.00 bits per heavy atom. The first kappa shape index (κ1) is 12.4. The Morgan fingerprint density at radius 3 is 2.67 bits per heavy atom. The first-order valence-corrected chi connectivity index (χ1v) is 7.54. The number of aromatic nitrogens is 2. The zero-order valence-corrected chi connectivity index (χ0v) is 12.5. The summed E-state index contributed by atoms with van der Waals surface area (Å²) in [7, 11) is 0. The molecule has 2 nitrogen and oxygen atoms in total. The number of para-hydroxylation sites is 1. The highest BCUT2D eigenvalue weighted by Gasteiger charge is 2.29. The zero-order valence-electron chi connectivity index (χ0n) is 12.5. The van der Waals surface area contributed by atoms with Gasteiger partial charge in [-0.3, -0.25) is 0 Å². The van der Waals surface area contributed by atoms with Gasteiger partial charge in [-0.15, -0.1) is 0 Å². The molecule has 0 N–H and O–H groups in total. The number of nitrogens with zero attached hydrogens (tertiary/aromatic N) is 2. The fourth-order valence-corrected chi connectivity index (χ4v) is 3.30. The van der Waals surface area contributed by atoms with Gasteiger partial charge in [-0.25, -0.2) is 0 Å². The summed E-state index contributed by atoms with van der Waals surface area (Å²) in [6.07, 6.45) is 4.37. The Hall–Kier alpha value is -2.35. The lowest BCUT2D eigenvalue weighted by Gasteiger charge is -2.15. The molecule has 0 saturated carbocycles. The molecule has 3 aromatic rings. The summed E-state index contributed by atoms with van der Waals surface area (Å²) >= 11 is 0. The second kappa shape index (κ2) is 4.59. The molecule has 1 aromatic carbocycles. The minimum Gasteiger partial charge on any atom is -0.311 e. The molecule has 21 heavy (non-hydrogen) atoms. The molecule has 0 unspecified atom stereocenters. The van der Waals surface area contributed by atoms with Gasteiger partial charge < -0.3 is 4.57 Å². The van der Waals surface area contributed by atoms with E-state index in [2.05, 4.69) is 83.9 Å². The van der Waals surface area contributed by atoms with Crippen LogP contribution in [0, 0.1) is 0 Å². The summed E-state index contributed by atoms with van der Waals surface area (Å²) in [5.41, 5.74) is 6.73. The molecular weight excluding hydrogens is 256 g/mol. The lowest BCUT2D eigenvalue weighted by atomic mass is 10.0. The molecule has 0 spiro atoms. The Bertz CT molecular complexity index is 812. The lowest BCUT2D eigenvalue weighted by molar-refractivity contribution is -0.672. The van der Waals surface area contributed by atoms with Gasteiger partial charge in [0.2, 0.25) is 5.69 Å². The quantitative estimate of drug-likeness (QED) is 0.490. The lowest BCUT2D eigenvalue weighted by Crippen LogP contribution is -2.31. The minimum absolute atomic E-state index is 0.517. The van der Waals surface area contributed by atoms with E-state index in [0.29, 0.717) is 5.92 Å². The number of fused-ring (bicyclic) bond motifs is 3. The van der Waals surface area contributed by atoms with Crippen LogP contribution in [0.2, 0.25) is 0 Å². The van der Waals surface area contributed by atoms with Crippen LogP contribution in [0.4, 0.5) is 0 Å². The maximum Gasteiger partial charge on any atom is 0.230 e. The van der Waals surface area contributed by atoms with Gasteiger partial charge in [0, 0.05) is 29.6 Å². The van der Waals surface area contributed by atoms with Gasteiger partial charge in [-0.1, -0.05) is 32.0 Å². The smallest absolute Gasteiger partial charge is 0.230 e. The molecule has 0 fully saturated rings. The summed E-state index contributed by atoms with van der Waals surface area (Å²) < 4.78 is 4.67. The molecule has 1 aliphatic heterocycles. The predicted molar refractivity (Wildman–Crippen MR) is 84.6 cm³/mol. The third kappa shape index (κ3) is 1.83. The average Bonchev–Trinajstić information content (AvgIpc) is 3.06. The maximum absolute atomic E-state index is 2.35. The van der Waals surface area contributed by atoms with Crippen molar-refractivity contribution in [3.05, 3.63) is 72.1 Å². The van der Waals surface area contributed by atoms with E-state index < -0.39 is 0 Å². The Balaban J connectivity index is 1.95. The summed E-state index contributed by atoms with van der Waals surface area (Å²) in [4.78, 5) is 0. The first-order chi connectivity index (χ1) is 10.3. The number of pyridine rings is 1. The highest BCUT2D eigenvalue weighted by Crippen LogP contribution is 2.32. The highest BCUT2D eigenvalue weighted by molar-refractivity contribution is 5.64. The Morgan fingerprint density at radius 2 is 1.81 bits per heavy atom. The summed E-state index contributed by atoms with van der Waals surface area (Å²) in [5, 5.41) is 0. The number of benzene rings is 1. The van der Waals surface area contributed by atoms with E-state index in [9.17, 15) is 0 Å². The molecule has 2 heteroatoms. The maximum atomic E-state index is 2.35. The van der Waals surface area contributed by atoms with Crippen LogP contribution in [0.3, 0.4) is 0 Å². The second-order valence-corrected chi connectivity index (χ2v) is 5.99. The van der Waals surface area contributed by atoms with E-state index in [1.54, 1.807) is 0 Å². The monoisotopic (exact) mass is 275 g/mol. The molecule has 3 heterocycles. The van der Waals surface area contributed by atoms with E-state index in [4.69, 9.17) is 0 Å². The van der Waals surface area contributed by atoms with Crippen molar-refractivity contribution < 1.29 is 4.57 Å². The second-order valence-electron chi connectivity index (χ2n) is 5.99. The minimum atomic E-state index is 0.517. The van der Waals surface area contributed by atoms with Crippen molar-refractivity contribution in [1.29, 1.82) is 0 Å². The van der Waals surface area contributed by atoms with Gasteiger partial charge in [0.15, 0.2) is 12.7 Å². The van der Waals surface area contributed by atoms with E-state index in [1.807, 2.05) is 0 Å².